The molecule has 172 valence electrons. The van der Waals surface area contributed by atoms with Crippen LogP contribution in [0.25, 0.3) is 0 Å². The number of rotatable bonds is 4. The van der Waals surface area contributed by atoms with Gasteiger partial charge in [-0.05, 0) is 92.4 Å². The molecule has 0 spiro atoms. The summed E-state index contributed by atoms with van der Waals surface area (Å²) in [5.41, 5.74) is 8.70. The predicted molar refractivity (Wildman–Crippen MR) is 122 cm³/mol. The molecule has 0 bridgehead atoms. The Labute approximate surface area is 187 Å². The van der Waals surface area contributed by atoms with Gasteiger partial charge in [0.05, 0.1) is 5.71 Å². The van der Waals surface area contributed by atoms with Gasteiger partial charge in [0.25, 0.3) is 0 Å². The number of nitrogens with two attached hydrogens (primary N) is 1. The molecule has 0 amide bonds. The second kappa shape index (κ2) is 8.13. The van der Waals surface area contributed by atoms with Crippen LogP contribution in [-0.4, -0.2) is 23.5 Å². The maximum absolute atomic E-state index is 12.2. The van der Waals surface area contributed by atoms with Crippen LogP contribution in [-0.2, 0) is 14.4 Å². The van der Waals surface area contributed by atoms with Crippen LogP contribution in [0.5, 0.6) is 0 Å². The fourth-order valence-corrected chi connectivity index (χ4v) is 7.76. The number of allylic oxidation sites excluding steroid dienone is 1. The van der Waals surface area contributed by atoms with Crippen LogP contribution in [0.1, 0.15) is 86.0 Å². The largest absolute Gasteiger partial charge is 0.351 e. The lowest BCUT2D eigenvalue weighted by Gasteiger charge is -2.58. The number of nitrogens with zero attached hydrogens (tertiary/aromatic N) is 1. The van der Waals surface area contributed by atoms with E-state index in [0.29, 0.717) is 30.0 Å². The molecular formula is C26H40N2O3. The van der Waals surface area contributed by atoms with Gasteiger partial charge in [0.2, 0.25) is 0 Å². The average Bonchev–Trinajstić information content (AvgIpc) is 3.09. The van der Waals surface area contributed by atoms with Crippen LogP contribution in [0.15, 0.2) is 16.8 Å². The molecule has 7 atom stereocenters. The Balaban J connectivity index is 1.51. The number of oxime groups is 1. The van der Waals surface area contributed by atoms with Crippen molar-refractivity contribution in [1.82, 2.24) is 0 Å². The number of ketones is 1. The highest BCUT2D eigenvalue weighted by atomic mass is 16.7. The summed E-state index contributed by atoms with van der Waals surface area (Å²) in [5, 5.41) is 4.28. The van der Waals surface area contributed by atoms with E-state index in [1.54, 1.807) is 0 Å². The molecule has 2 N–H and O–H groups in total. The Morgan fingerprint density at radius 2 is 1.87 bits per heavy atom. The Morgan fingerprint density at radius 3 is 2.58 bits per heavy atom. The minimum absolute atomic E-state index is 0.0355. The molecule has 5 heteroatoms. The number of carbonyl (C=O) groups excluding carboxylic acids is 2. The zero-order valence-electron chi connectivity index (χ0n) is 19.9. The van der Waals surface area contributed by atoms with Gasteiger partial charge in [-0.3, -0.25) is 4.79 Å². The normalized spacial score (nSPS) is 41.2. The van der Waals surface area contributed by atoms with Crippen LogP contribution in [0, 0.1) is 40.4 Å². The van der Waals surface area contributed by atoms with Crippen LogP contribution >= 0.6 is 0 Å². The van der Waals surface area contributed by atoms with Crippen molar-refractivity contribution in [3.05, 3.63) is 11.6 Å². The molecule has 7 unspecified atom stereocenters. The lowest BCUT2D eigenvalue weighted by Crippen LogP contribution is -2.51. The third kappa shape index (κ3) is 3.71. The molecule has 31 heavy (non-hydrogen) atoms. The lowest BCUT2D eigenvalue weighted by atomic mass is 9.46. The van der Waals surface area contributed by atoms with E-state index in [0.717, 1.165) is 30.9 Å². The summed E-state index contributed by atoms with van der Waals surface area (Å²) in [6.45, 7) is 10.7. The summed E-state index contributed by atoms with van der Waals surface area (Å²) in [6, 6.07) is -0.633. The molecule has 0 aromatic carbocycles. The van der Waals surface area contributed by atoms with E-state index in [-0.39, 0.29) is 16.7 Å². The molecule has 4 aliphatic carbocycles. The molecule has 5 nitrogen and oxygen atoms in total. The first kappa shape index (κ1) is 22.7. The van der Waals surface area contributed by atoms with Crippen molar-refractivity contribution in [2.45, 2.75) is 92.0 Å². The monoisotopic (exact) mass is 428 g/mol. The fraction of sp³-hybridized carbons (Fsp3) is 0.808. The zero-order chi connectivity index (χ0) is 22.6. The molecule has 4 rings (SSSR count). The van der Waals surface area contributed by atoms with Crippen LogP contribution in [0.4, 0.5) is 0 Å². The second-order valence-electron chi connectivity index (χ2n) is 11.6. The molecule has 0 aromatic heterocycles. The van der Waals surface area contributed by atoms with E-state index in [9.17, 15) is 9.59 Å². The quantitative estimate of drug-likeness (QED) is 0.386. The third-order valence-electron chi connectivity index (χ3n) is 9.74. The van der Waals surface area contributed by atoms with Gasteiger partial charge >= 0.3 is 5.97 Å². The number of carbonyl (C=O) groups is 2. The van der Waals surface area contributed by atoms with E-state index in [1.807, 2.05) is 26.8 Å². The van der Waals surface area contributed by atoms with Crippen molar-refractivity contribution in [2.24, 2.45) is 51.3 Å². The molecule has 0 aromatic rings. The minimum atomic E-state index is -0.633. The number of hydrogen-bond acceptors (Lipinski definition) is 5. The van der Waals surface area contributed by atoms with Gasteiger partial charge < -0.3 is 10.6 Å². The summed E-state index contributed by atoms with van der Waals surface area (Å²) in [7, 11) is 0. The van der Waals surface area contributed by atoms with Gasteiger partial charge in [-0.2, -0.15) is 0 Å². The van der Waals surface area contributed by atoms with Crippen molar-refractivity contribution in [1.29, 1.82) is 0 Å². The molecule has 3 saturated carbocycles. The summed E-state index contributed by atoms with van der Waals surface area (Å²) in [6.07, 6.45) is 10.8. The van der Waals surface area contributed by atoms with Gasteiger partial charge in [-0.15, -0.1) is 0 Å². The SMILES string of the molecule is C/C(=N\OC(=O)C(N)C(C)C)C1CCC2C3CCC4=CC(=O)CCC4(C)C3CCC12C. The van der Waals surface area contributed by atoms with Crippen molar-refractivity contribution in [3.8, 4) is 0 Å². The Kier molecular flexibility index (Phi) is 5.95. The van der Waals surface area contributed by atoms with E-state index in [4.69, 9.17) is 10.6 Å². The highest BCUT2D eigenvalue weighted by Gasteiger charge is 2.59. The van der Waals surface area contributed by atoms with E-state index < -0.39 is 12.0 Å². The van der Waals surface area contributed by atoms with Crippen molar-refractivity contribution >= 4 is 17.5 Å². The fourth-order valence-electron chi connectivity index (χ4n) is 7.76. The Morgan fingerprint density at radius 1 is 1.13 bits per heavy atom. The second-order valence-corrected chi connectivity index (χ2v) is 11.6. The van der Waals surface area contributed by atoms with E-state index in [2.05, 4.69) is 19.0 Å². The van der Waals surface area contributed by atoms with Gasteiger partial charge in [0.1, 0.15) is 6.04 Å². The van der Waals surface area contributed by atoms with Gasteiger partial charge in [-0.25, -0.2) is 4.79 Å². The number of hydrogen-bond donors (Lipinski definition) is 1. The molecular weight excluding hydrogens is 388 g/mol. The van der Waals surface area contributed by atoms with Crippen LogP contribution in [0.2, 0.25) is 0 Å². The highest BCUT2D eigenvalue weighted by molar-refractivity contribution is 5.91. The summed E-state index contributed by atoms with van der Waals surface area (Å²) in [4.78, 5) is 29.4. The summed E-state index contributed by atoms with van der Waals surface area (Å²) >= 11 is 0. The molecule has 3 fully saturated rings. The van der Waals surface area contributed by atoms with Gasteiger partial charge in [0, 0.05) is 12.3 Å². The van der Waals surface area contributed by atoms with Crippen molar-refractivity contribution in [3.63, 3.8) is 0 Å². The molecule has 0 aliphatic heterocycles. The number of fused-ring (bicyclic) bond motifs is 5. The van der Waals surface area contributed by atoms with Crippen LogP contribution in [0.3, 0.4) is 0 Å². The minimum Gasteiger partial charge on any atom is -0.318 e. The van der Waals surface area contributed by atoms with Crippen molar-refractivity contribution in [2.75, 3.05) is 0 Å². The standard InChI is InChI=1S/C26H40N2O3/c1-15(2)23(27)24(30)31-28-16(3)20-8-9-21-19-7-6-17-14-18(29)10-12-25(17,4)22(19)11-13-26(20,21)5/h14-15,19-23H,6-13,27H2,1-5H3/b28-16+. The molecule has 0 heterocycles. The first-order valence-corrected chi connectivity index (χ1v) is 12.3. The van der Waals surface area contributed by atoms with Gasteiger partial charge in [0.15, 0.2) is 5.78 Å². The smallest absolute Gasteiger partial charge is 0.318 e. The van der Waals surface area contributed by atoms with Gasteiger partial charge in [-0.1, -0.05) is 38.4 Å². The maximum atomic E-state index is 12.2. The predicted octanol–water partition coefficient (Wildman–Crippen LogP) is 5.04. The maximum Gasteiger partial charge on any atom is 0.351 e. The van der Waals surface area contributed by atoms with E-state index >= 15 is 0 Å². The van der Waals surface area contributed by atoms with Crippen molar-refractivity contribution < 1.29 is 14.4 Å². The average molecular weight is 429 g/mol. The summed E-state index contributed by atoms with van der Waals surface area (Å²) in [5.74, 6) is 2.38. The topological polar surface area (TPSA) is 81.8 Å². The first-order chi connectivity index (χ1) is 14.6. The van der Waals surface area contributed by atoms with E-state index in [1.165, 1.54) is 31.3 Å². The summed E-state index contributed by atoms with van der Waals surface area (Å²) < 4.78 is 0. The molecule has 0 saturated heterocycles. The molecule has 0 radical (unpaired) electrons. The highest BCUT2D eigenvalue weighted by Crippen LogP contribution is 2.66. The Hall–Kier alpha value is -1.49. The zero-order valence-corrected chi connectivity index (χ0v) is 19.9. The molecule has 4 aliphatic rings. The van der Waals surface area contributed by atoms with Crippen LogP contribution < -0.4 is 5.73 Å². The first-order valence-electron chi connectivity index (χ1n) is 12.3. The Bertz CT molecular complexity index is 815. The lowest BCUT2D eigenvalue weighted by molar-refractivity contribution is -0.146. The third-order valence-corrected chi connectivity index (χ3v) is 9.74.